The third kappa shape index (κ3) is 4.37. The van der Waals surface area contributed by atoms with E-state index in [1.807, 2.05) is 36.1 Å². The van der Waals surface area contributed by atoms with Gasteiger partial charge in [0, 0.05) is 36.1 Å². The minimum Gasteiger partial charge on any atom is -0.354 e. The normalized spacial score (nSPS) is 14.1. The predicted molar refractivity (Wildman–Crippen MR) is 120 cm³/mol. The van der Waals surface area contributed by atoms with E-state index in [1.54, 1.807) is 18.3 Å². The molecule has 1 aliphatic rings. The molecule has 0 spiro atoms. The van der Waals surface area contributed by atoms with Gasteiger partial charge in [-0.05, 0) is 56.0 Å². The molecule has 3 heterocycles. The highest BCUT2D eigenvalue weighted by molar-refractivity contribution is 6.07. The number of aryl methyl sites for hydroxylation is 1. The van der Waals surface area contributed by atoms with Gasteiger partial charge in [-0.15, -0.1) is 12.4 Å². The summed E-state index contributed by atoms with van der Waals surface area (Å²) < 4.78 is 0. The number of aromatic nitrogens is 2. The lowest BCUT2D eigenvalue weighted by Crippen LogP contribution is -2.38. The number of nitrogens with one attached hydrogen (secondary N) is 1. The molecule has 1 aromatic carbocycles. The smallest absolute Gasteiger partial charge is 0.257 e. The number of nitrogens with zero attached hydrogens (tertiary/aromatic N) is 4. The Balaban J connectivity index is 0.00000256. The lowest BCUT2D eigenvalue weighted by Gasteiger charge is -2.31. The van der Waals surface area contributed by atoms with E-state index in [9.17, 15) is 10.1 Å². The fraction of sp³-hybridized carbons (Fsp3) is 0.304. The summed E-state index contributed by atoms with van der Waals surface area (Å²) >= 11 is 0. The van der Waals surface area contributed by atoms with Crippen LogP contribution in [0.5, 0.6) is 0 Å². The minimum atomic E-state index is -0.0224. The Morgan fingerprint density at radius 2 is 2.00 bits per heavy atom. The number of piperidine rings is 1. The van der Waals surface area contributed by atoms with Gasteiger partial charge in [0.15, 0.2) is 5.65 Å². The summed E-state index contributed by atoms with van der Waals surface area (Å²) in [6.07, 6.45) is 3.65. The summed E-state index contributed by atoms with van der Waals surface area (Å²) in [5.41, 5.74) is 3.97. The number of amides is 1. The van der Waals surface area contributed by atoms with Crippen molar-refractivity contribution in [2.45, 2.75) is 26.7 Å². The van der Waals surface area contributed by atoms with E-state index in [0.29, 0.717) is 28.4 Å². The van der Waals surface area contributed by atoms with Gasteiger partial charge in [0.2, 0.25) is 0 Å². The van der Waals surface area contributed by atoms with Crippen LogP contribution in [0.3, 0.4) is 0 Å². The van der Waals surface area contributed by atoms with Crippen LogP contribution in [-0.4, -0.2) is 33.9 Å². The molecule has 0 radical (unpaired) electrons. The monoisotopic (exact) mass is 421 g/mol. The maximum atomic E-state index is 13.3. The van der Waals surface area contributed by atoms with Gasteiger partial charge in [0.05, 0.1) is 22.9 Å². The Labute approximate surface area is 182 Å². The van der Waals surface area contributed by atoms with Crippen molar-refractivity contribution >= 4 is 40.7 Å². The van der Waals surface area contributed by atoms with Gasteiger partial charge >= 0.3 is 0 Å². The van der Waals surface area contributed by atoms with E-state index < -0.39 is 0 Å². The molecule has 0 aliphatic carbocycles. The molecule has 0 unspecified atom stereocenters. The molecule has 1 amide bonds. The molecular weight excluding hydrogens is 398 g/mol. The van der Waals surface area contributed by atoms with E-state index in [2.05, 4.69) is 28.3 Å². The molecule has 1 aliphatic heterocycles. The fourth-order valence-electron chi connectivity index (χ4n) is 3.66. The third-order valence-electron chi connectivity index (χ3n) is 5.43. The molecule has 6 nitrogen and oxygen atoms in total. The molecule has 0 bridgehead atoms. The van der Waals surface area contributed by atoms with Crippen LogP contribution < -0.4 is 5.32 Å². The van der Waals surface area contributed by atoms with Crippen molar-refractivity contribution in [2.24, 2.45) is 5.92 Å². The average molecular weight is 422 g/mol. The van der Waals surface area contributed by atoms with Crippen LogP contribution in [0.1, 0.15) is 41.4 Å². The number of hydrogen-bond acceptors (Lipinski definition) is 5. The summed E-state index contributed by atoms with van der Waals surface area (Å²) in [6.45, 7) is 5.65. The molecule has 2 aromatic heterocycles. The molecule has 1 fully saturated rings. The van der Waals surface area contributed by atoms with Gasteiger partial charge in [0.25, 0.3) is 5.91 Å². The van der Waals surface area contributed by atoms with Crippen molar-refractivity contribution < 1.29 is 4.79 Å². The Hall–Kier alpha value is -3.17. The largest absolute Gasteiger partial charge is 0.354 e. The van der Waals surface area contributed by atoms with Gasteiger partial charge in [-0.25, -0.2) is 9.97 Å². The van der Waals surface area contributed by atoms with E-state index in [4.69, 9.17) is 0 Å². The second kappa shape index (κ2) is 9.10. The van der Waals surface area contributed by atoms with Crippen LogP contribution in [0, 0.1) is 24.2 Å². The number of carbonyl (C=O) groups is 1. The summed E-state index contributed by atoms with van der Waals surface area (Å²) in [4.78, 5) is 24.2. The first-order valence-corrected chi connectivity index (χ1v) is 9.88. The first-order valence-electron chi connectivity index (χ1n) is 9.88. The topological polar surface area (TPSA) is 81.9 Å². The number of benzene rings is 1. The van der Waals surface area contributed by atoms with Crippen molar-refractivity contribution in [3.8, 4) is 6.07 Å². The number of anilines is 2. The second-order valence-corrected chi connectivity index (χ2v) is 7.66. The highest BCUT2D eigenvalue weighted by Crippen LogP contribution is 2.31. The Bertz CT molecular complexity index is 1120. The van der Waals surface area contributed by atoms with Crippen LogP contribution in [-0.2, 0) is 0 Å². The second-order valence-electron chi connectivity index (χ2n) is 7.66. The van der Waals surface area contributed by atoms with Crippen molar-refractivity contribution in [3.63, 3.8) is 0 Å². The standard InChI is InChI=1S/C23H23N5O.ClH/c1-15-8-10-28(11-9-15)23(29)20-14-25-22-19(7-6-16(2)26-22)21(20)27-18-5-3-4-17(12-18)13-24;/h3-7,12,14-15H,8-11H2,1-2H3,(H,25,26,27);1H. The highest BCUT2D eigenvalue weighted by atomic mass is 35.5. The van der Waals surface area contributed by atoms with Crippen LogP contribution in [0.25, 0.3) is 11.0 Å². The Kier molecular flexibility index (Phi) is 6.53. The van der Waals surface area contributed by atoms with E-state index in [0.717, 1.165) is 42.7 Å². The number of fused-ring (bicyclic) bond motifs is 1. The molecule has 3 aromatic rings. The van der Waals surface area contributed by atoms with E-state index in [1.165, 1.54) is 0 Å². The summed E-state index contributed by atoms with van der Waals surface area (Å²) in [7, 11) is 0. The molecule has 0 atom stereocenters. The number of pyridine rings is 2. The van der Waals surface area contributed by atoms with Crippen LogP contribution in [0.2, 0.25) is 0 Å². The van der Waals surface area contributed by atoms with E-state index in [-0.39, 0.29) is 18.3 Å². The summed E-state index contributed by atoms with van der Waals surface area (Å²) in [5.74, 6) is 0.623. The molecule has 4 rings (SSSR count). The SMILES string of the molecule is Cc1ccc2c(Nc3cccc(C#N)c3)c(C(=O)N3CCC(C)CC3)cnc2n1.Cl. The summed E-state index contributed by atoms with van der Waals surface area (Å²) in [6, 6.07) is 13.2. The van der Waals surface area contributed by atoms with Gasteiger partial charge in [-0.2, -0.15) is 5.26 Å². The molecule has 154 valence electrons. The minimum absolute atomic E-state index is 0. The van der Waals surface area contributed by atoms with Crippen LogP contribution in [0.4, 0.5) is 11.4 Å². The molecule has 7 heteroatoms. The zero-order valence-corrected chi connectivity index (χ0v) is 17.9. The number of likely N-dealkylation sites (tertiary alicyclic amines) is 1. The number of nitriles is 1. The molecular formula is C23H24ClN5O. The predicted octanol–water partition coefficient (Wildman–Crippen LogP) is 4.85. The van der Waals surface area contributed by atoms with Crippen molar-refractivity contribution in [1.82, 2.24) is 14.9 Å². The van der Waals surface area contributed by atoms with Crippen molar-refractivity contribution in [3.05, 3.63) is 59.4 Å². The number of carbonyl (C=O) groups excluding carboxylic acids is 1. The average Bonchev–Trinajstić information content (AvgIpc) is 2.74. The lowest BCUT2D eigenvalue weighted by molar-refractivity contribution is 0.0698. The highest BCUT2D eigenvalue weighted by Gasteiger charge is 2.25. The molecule has 1 saturated heterocycles. The quantitative estimate of drug-likeness (QED) is 0.653. The first kappa shape index (κ1) is 21.5. The zero-order chi connectivity index (χ0) is 20.4. The van der Waals surface area contributed by atoms with Gasteiger partial charge in [-0.1, -0.05) is 13.0 Å². The molecule has 0 saturated carbocycles. The van der Waals surface area contributed by atoms with Crippen molar-refractivity contribution in [1.29, 1.82) is 5.26 Å². The molecule has 30 heavy (non-hydrogen) atoms. The first-order chi connectivity index (χ1) is 14.0. The third-order valence-corrected chi connectivity index (χ3v) is 5.43. The Morgan fingerprint density at radius 1 is 1.23 bits per heavy atom. The number of halogens is 1. The Morgan fingerprint density at radius 3 is 2.73 bits per heavy atom. The maximum Gasteiger partial charge on any atom is 0.257 e. The van der Waals surface area contributed by atoms with Crippen LogP contribution >= 0.6 is 12.4 Å². The van der Waals surface area contributed by atoms with Gasteiger partial charge in [-0.3, -0.25) is 4.79 Å². The zero-order valence-electron chi connectivity index (χ0n) is 17.1. The fourth-order valence-corrected chi connectivity index (χ4v) is 3.66. The van der Waals surface area contributed by atoms with Crippen molar-refractivity contribution in [2.75, 3.05) is 18.4 Å². The number of rotatable bonds is 3. The summed E-state index contributed by atoms with van der Waals surface area (Å²) in [5, 5.41) is 13.4. The lowest BCUT2D eigenvalue weighted by atomic mass is 9.98. The van der Waals surface area contributed by atoms with Gasteiger partial charge in [0.1, 0.15) is 0 Å². The number of hydrogen-bond donors (Lipinski definition) is 1. The van der Waals surface area contributed by atoms with Crippen LogP contribution in [0.15, 0.2) is 42.6 Å². The van der Waals surface area contributed by atoms with E-state index >= 15 is 0 Å². The van der Waals surface area contributed by atoms with Gasteiger partial charge < -0.3 is 10.2 Å². The maximum absolute atomic E-state index is 13.3. The molecule has 1 N–H and O–H groups in total.